The summed E-state index contributed by atoms with van der Waals surface area (Å²) in [7, 11) is -4.91. The van der Waals surface area contributed by atoms with Gasteiger partial charge in [0, 0.05) is 26.4 Å². The Morgan fingerprint density at radius 1 is 0.895 bits per heavy atom. The van der Waals surface area contributed by atoms with Gasteiger partial charge in [0.05, 0.1) is 0 Å². The fraction of sp³-hybridized carbons (Fsp3) is 1.00. The fourth-order valence-corrected chi connectivity index (χ4v) is 6.83. The average molecular weight is 312 g/mol. The smallest absolute Gasteiger partial charge is 0.397 e. The lowest BCUT2D eigenvalue weighted by atomic mass is 10.5. The Balaban J connectivity index is 4.68. The third-order valence-electron chi connectivity index (χ3n) is 2.24. The molecule has 0 bridgehead atoms. The summed E-state index contributed by atoms with van der Waals surface area (Å²) in [4.78, 5) is 0. The topological polar surface area (TPSA) is 72.2 Å². The highest BCUT2D eigenvalue weighted by molar-refractivity contribution is 6.64. The molecule has 0 spiro atoms. The van der Waals surface area contributed by atoms with Gasteiger partial charge in [-0.3, -0.25) is 0 Å². The van der Waals surface area contributed by atoms with E-state index in [-0.39, 0.29) is 0 Å². The van der Waals surface area contributed by atoms with E-state index in [4.69, 9.17) is 27.6 Å². The Labute approximate surface area is 119 Å². The van der Waals surface area contributed by atoms with E-state index in [1.54, 1.807) is 0 Å². The van der Waals surface area contributed by atoms with E-state index in [2.05, 4.69) is 0 Å². The van der Waals surface area contributed by atoms with Gasteiger partial charge in [-0.15, -0.1) is 0 Å². The Hall–Kier alpha value is 0.194. The molecule has 1 atom stereocenters. The third-order valence-corrected chi connectivity index (χ3v) is 7.95. The molecule has 0 radical (unpaired) electrons. The number of hydrogen-bond acceptors (Lipinski definition) is 6. The molecule has 0 heterocycles. The molecule has 1 unspecified atom stereocenters. The molecule has 8 heteroatoms. The molecule has 19 heavy (non-hydrogen) atoms. The van der Waals surface area contributed by atoms with E-state index in [0.29, 0.717) is 33.0 Å². The van der Waals surface area contributed by atoms with Crippen molar-refractivity contribution in [2.75, 3.05) is 33.0 Å². The minimum atomic E-state index is -3.05. The minimum Gasteiger partial charge on any atom is -0.397 e. The molecular weight excluding hydrogens is 282 g/mol. The number of hydrogen-bond donors (Lipinski definition) is 1. The molecule has 0 aromatic carbocycles. The van der Waals surface area contributed by atoms with Gasteiger partial charge in [0.15, 0.2) is 0 Å². The number of rotatable bonds is 13. The summed E-state index contributed by atoms with van der Waals surface area (Å²) in [5.74, 6) is 0. The van der Waals surface area contributed by atoms with Gasteiger partial charge in [0.1, 0.15) is 0 Å². The second kappa shape index (κ2) is 12.0. The van der Waals surface area contributed by atoms with Crippen LogP contribution in [0.15, 0.2) is 0 Å². The van der Waals surface area contributed by atoms with E-state index < -0.39 is 18.3 Å². The fourth-order valence-electron chi connectivity index (χ4n) is 1.57. The van der Waals surface area contributed by atoms with Gasteiger partial charge in [-0.05, 0) is 46.7 Å². The number of nitrogens with two attached hydrogens (primary N) is 1. The second-order valence-electron chi connectivity index (χ2n) is 3.73. The predicted molar refractivity (Wildman–Crippen MR) is 79.0 cm³/mol. The standard InChI is InChI=1S/C11H29NO5Si2/c1-5-13-18(11-9-10-12)17-19(14-6-2,15-7-3)16-8-4/h18H,5-12H2,1-4H3. The van der Waals surface area contributed by atoms with Crippen LogP contribution in [0.2, 0.25) is 6.04 Å². The Morgan fingerprint density at radius 2 is 1.42 bits per heavy atom. The zero-order valence-corrected chi connectivity index (χ0v) is 14.8. The van der Waals surface area contributed by atoms with Crippen LogP contribution in [0.3, 0.4) is 0 Å². The normalized spacial score (nSPS) is 13.7. The summed E-state index contributed by atoms with van der Waals surface area (Å²) in [5.41, 5.74) is 5.54. The van der Waals surface area contributed by atoms with Crippen molar-refractivity contribution in [2.24, 2.45) is 5.73 Å². The van der Waals surface area contributed by atoms with Crippen molar-refractivity contribution in [2.45, 2.75) is 40.2 Å². The minimum absolute atomic E-state index is 0.496. The maximum absolute atomic E-state index is 6.04. The second-order valence-corrected chi connectivity index (χ2v) is 8.31. The van der Waals surface area contributed by atoms with E-state index in [9.17, 15) is 0 Å². The van der Waals surface area contributed by atoms with Crippen LogP contribution in [0.5, 0.6) is 0 Å². The molecule has 0 aromatic rings. The van der Waals surface area contributed by atoms with Gasteiger partial charge in [-0.25, -0.2) is 0 Å². The maximum atomic E-state index is 6.04. The summed E-state index contributed by atoms with van der Waals surface area (Å²) in [6.45, 7) is 10.4. The SMILES string of the molecule is CCO[SiH](CCCN)O[Si](OCC)(OCC)OCC. The van der Waals surface area contributed by atoms with Crippen LogP contribution in [0, 0.1) is 0 Å². The molecule has 0 aromatic heterocycles. The molecule has 0 aliphatic carbocycles. The van der Waals surface area contributed by atoms with Gasteiger partial charge in [-0.1, -0.05) is 0 Å². The van der Waals surface area contributed by atoms with Gasteiger partial charge in [0.2, 0.25) is 0 Å². The lowest BCUT2D eigenvalue weighted by Gasteiger charge is -2.30. The van der Waals surface area contributed by atoms with Crippen molar-refractivity contribution in [3.05, 3.63) is 0 Å². The molecule has 0 amide bonds. The predicted octanol–water partition coefficient (Wildman–Crippen LogP) is 1.15. The molecule has 0 fully saturated rings. The largest absolute Gasteiger partial charge is 0.670 e. The average Bonchev–Trinajstić information content (AvgIpc) is 2.37. The lowest BCUT2D eigenvalue weighted by molar-refractivity contribution is 0.00121. The highest BCUT2D eigenvalue weighted by Gasteiger charge is 2.47. The highest BCUT2D eigenvalue weighted by atomic mass is 28.5. The van der Waals surface area contributed by atoms with Crippen LogP contribution >= 0.6 is 0 Å². The van der Waals surface area contributed by atoms with Gasteiger partial charge in [-0.2, -0.15) is 0 Å². The summed E-state index contributed by atoms with van der Waals surface area (Å²) < 4.78 is 28.7. The molecule has 0 aliphatic heterocycles. The zero-order chi connectivity index (χ0) is 14.6. The molecule has 0 saturated carbocycles. The maximum Gasteiger partial charge on any atom is 0.670 e. The molecular formula is C11H29NO5Si2. The molecule has 0 saturated heterocycles. The van der Waals surface area contributed by atoms with E-state index >= 15 is 0 Å². The molecule has 0 rings (SSSR count). The van der Waals surface area contributed by atoms with Crippen LogP contribution < -0.4 is 5.73 Å². The van der Waals surface area contributed by atoms with E-state index in [0.717, 1.165) is 12.5 Å². The van der Waals surface area contributed by atoms with Gasteiger partial charge in [0.25, 0.3) is 0 Å². The first-order chi connectivity index (χ1) is 9.17. The lowest BCUT2D eigenvalue weighted by Crippen LogP contribution is -2.53. The highest BCUT2D eigenvalue weighted by Crippen LogP contribution is 2.16. The van der Waals surface area contributed by atoms with Crippen LogP contribution in [0.4, 0.5) is 0 Å². The van der Waals surface area contributed by atoms with Crippen molar-refractivity contribution in [3.8, 4) is 0 Å². The summed E-state index contributed by atoms with van der Waals surface area (Å²) >= 11 is 0. The van der Waals surface area contributed by atoms with Crippen LogP contribution in [-0.2, 0) is 21.8 Å². The third kappa shape index (κ3) is 8.15. The van der Waals surface area contributed by atoms with Crippen molar-refractivity contribution >= 4 is 18.3 Å². The quantitative estimate of drug-likeness (QED) is 0.515. The summed E-state index contributed by atoms with van der Waals surface area (Å²) in [6.07, 6.45) is 0.881. The Morgan fingerprint density at radius 3 is 1.79 bits per heavy atom. The van der Waals surface area contributed by atoms with Gasteiger partial charge < -0.3 is 27.6 Å². The van der Waals surface area contributed by atoms with Crippen molar-refractivity contribution in [3.63, 3.8) is 0 Å². The molecule has 6 nitrogen and oxygen atoms in total. The van der Waals surface area contributed by atoms with Gasteiger partial charge >= 0.3 is 18.3 Å². The van der Waals surface area contributed by atoms with Crippen molar-refractivity contribution in [1.82, 2.24) is 0 Å². The Bertz CT molecular complexity index is 195. The first-order valence-electron chi connectivity index (χ1n) is 7.09. The first-order valence-corrected chi connectivity index (χ1v) is 10.5. The summed E-state index contributed by atoms with van der Waals surface area (Å²) in [6, 6.07) is 0.840. The van der Waals surface area contributed by atoms with E-state index in [1.165, 1.54) is 0 Å². The van der Waals surface area contributed by atoms with Crippen LogP contribution in [0.25, 0.3) is 0 Å². The zero-order valence-electron chi connectivity index (χ0n) is 12.6. The van der Waals surface area contributed by atoms with Crippen LogP contribution in [-0.4, -0.2) is 51.3 Å². The Kier molecular flexibility index (Phi) is 12.1. The van der Waals surface area contributed by atoms with E-state index in [1.807, 2.05) is 27.7 Å². The van der Waals surface area contributed by atoms with Crippen molar-refractivity contribution < 1.29 is 21.8 Å². The summed E-state index contributed by atoms with van der Waals surface area (Å²) in [5, 5.41) is 0. The molecule has 2 N–H and O–H groups in total. The van der Waals surface area contributed by atoms with Crippen molar-refractivity contribution in [1.29, 1.82) is 0 Å². The molecule has 116 valence electrons. The monoisotopic (exact) mass is 311 g/mol. The molecule has 0 aliphatic rings. The van der Waals surface area contributed by atoms with Crippen LogP contribution in [0.1, 0.15) is 34.1 Å². The first kappa shape index (κ1) is 19.2.